The first kappa shape index (κ1) is 20.9. The summed E-state index contributed by atoms with van der Waals surface area (Å²) in [6.07, 6.45) is 3.94. The average molecular weight is 377 g/mol. The number of anilines is 1. The van der Waals surface area contributed by atoms with Crippen molar-refractivity contribution in [1.29, 1.82) is 0 Å². The SMILES string of the molecule is O=C(O)CCCC=CC[C@@H]1[C@@H](COC(=O)Nc2ccccc2)[C@H](O)C[C@@H]1O. The molecule has 148 valence electrons. The number of allylic oxidation sites excluding steroid dienone is 2. The fraction of sp³-hybridized carbons (Fsp3) is 0.500. The third-order valence-corrected chi connectivity index (χ3v) is 4.78. The predicted molar refractivity (Wildman–Crippen MR) is 100 cm³/mol. The summed E-state index contributed by atoms with van der Waals surface area (Å²) in [5.41, 5.74) is 0.621. The molecule has 4 atom stereocenters. The second-order valence-corrected chi connectivity index (χ2v) is 6.78. The molecular formula is C20H27NO6. The summed E-state index contributed by atoms with van der Waals surface area (Å²) in [6, 6.07) is 8.92. The van der Waals surface area contributed by atoms with Gasteiger partial charge in [0.05, 0.1) is 18.8 Å². The quantitative estimate of drug-likeness (QED) is 0.388. The number of hydrogen-bond acceptors (Lipinski definition) is 5. The van der Waals surface area contributed by atoms with Crippen molar-refractivity contribution in [2.75, 3.05) is 11.9 Å². The van der Waals surface area contributed by atoms with Gasteiger partial charge in [-0.2, -0.15) is 0 Å². The lowest BCUT2D eigenvalue weighted by Gasteiger charge is -2.22. The standard InChI is InChI=1S/C20H27NO6/c22-17-12-18(23)16(15(17)10-6-1-2-7-11-19(24)25)13-27-20(26)21-14-8-4-3-5-9-14/h1,3-6,8-9,15-18,22-23H,2,7,10-13H2,(H,21,26)(H,24,25)/t15-,16-,17+,18-/m1/s1. The Morgan fingerprint density at radius 1 is 1.11 bits per heavy atom. The van der Waals surface area contributed by atoms with Crippen LogP contribution in [0.5, 0.6) is 0 Å². The largest absolute Gasteiger partial charge is 0.481 e. The van der Waals surface area contributed by atoms with Crippen molar-refractivity contribution in [3.05, 3.63) is 42.5 Å². The van der Waals surface area contributed by atoms with Crippen LogP contribution in [0.1, 0.15) is 32.1 Å². The molecule has 27 heavy (non-hydrogen) atoms. The minimum absolute atomic E-state index is 0.0222. The molecule has 1 aromatic rings. The summed E-state index contributed by atoms with van der Waals surface area (Å²) in [7, 11) is 0. The number of ether oxygens (including phenoxy) is 1. The Morgan fingerprint density at radius 2 is 1.81 bits per heavy atom. The van der Waals surface area contributed by atoms with Gasteiger partial charge in [0.2, 0.25) is 0 Å². The van der Waals surface area contributed by atoms with E-state index in [0.717, 1.165) is 0 Å². The van der Waals surface area contributed by atoms with Crippen LogP contribution in [0.15, 0.2) is 42.5 Å². The number of rotatable bonds is 9. The number of unbranched alkanes of at least 4 members (excludes halogenated alkanes) is 1. The number of amides is 1. The van der Waals surface area contributed by atoms with Crippen LogP contribution < -0.4 is 5.32 Å². The predicted octanol–water partition coefficient (Wildman–Crippen LogP) is 2.79. The van der Waals surface area contributed by atoms with Gasteiger partial charge in [0.1, 0.15) is 0 Å². The molecule has 0 heterocycles. The fourth-order valence-corrected chi connectivity index (χ4v) is 3.32. The highest BCUT2D eigenvalue weighted by Gasteiger charge is 2.41. The number of aliphatic hydroxyl groups excluding tert-OH is 2. The maximum atomic E-state index is 11.9. The van der Waals surface area contributed by atoms with Gasteiger partial charge in [0, 0.05) is 18.0 Å². The van der Waals surface area contributed by atoms with Gasteiger partial charge >= 0.3 is 12.1 Å². The minimum atomic E-state index is -0.816. The van der Waals surface area contributed by atoms with E-state index >= 15 is 0 Å². The summed E-state index contributed by atoms with van der Waals surface area (Å²) in [6.45, 7) is 0.0222. The van der Waals surface area contributed by atoms with Crippen molar-refractivity contribution in [2.24, 2.45) is 11.8 Å². The number of hydrogen-bond donors (Lipinski definition) is 4. The van der Waals surface area contributed by atoms with Crippen LogP contribution in [0, 0.1) is 11.8 Å². The lowest BCUT2D eigenvalue weighted by atomic mass is 9.91. The number of benzene rings is 1. The first-order chi connectivity index (χ1) is 13.0. The second kappa shape index (κ2) is 10.7. The first-order valence-electron chi connectivity index (χ1n) is 9.19. The average Bonchev–Trinajstić information content (AvgIpc) is 2.89. The molecule has 7 nitrogen and oxygen atoms in total. The van der Waals surface area contributed by atoms with Gasteiger partial charge in [-0.3, -0.25) is 10.1 Å². The number of para-hydroxylation sites is 1. The Morgan fingerprint density at radius 3 is 2.52 bits per heavy atom. The van der Waals surface area contributed by atoms with Crippen molar-refractivity contribution in [3.63, 3.8) is 0 Å². The van der Waals surface area contributed by atoms with Crippen LogP contribution in [0.3, 0.4) is 0 Å². The molecule has 0 aromatic heterocycles. The Kier molecular flexibility index (Phi) is 8.29. The molecule has 1 aromatic carbocycles. The highest BCUT2D eigenvalue weighted by Crippen LogP contribution is 2.35. The van der Waals surface area contributed by atoms with Gasteiger partial charge in [0.25, 0.3) is 0 Å². The van der Waals surface area contributed by atoms with E-state index in [1.807, 2.05) is 18.2 Å². The van der Waals surface area contributed by atoms with Gasteiger partial charge < -0.3 is 20.1 Å². The van der Waals surface area contributed by atoms with E-state index < -0.39 is 24.3 Å². The van der Waals surface area contributed by atoms with Crippen LogP contribution in [0.25, 0.3) is 0 Å². The van der Waals surface area contributed by atoms with Crippen molar-refractivity contribution >= 4 is 17.7 Å². The van der Waals surface area contributed by atoms with E-state index in [1.165, 1.54) is 0 Å². The molecule has 0 aliphatic heterocycles. The lowest BCUT2D eigenvalue weighted by molar-refractivity contribution is -0.137. The molecule has 1 fully saturated rings. The lowest BCUT2D eigenvalue weighted by Crippen LogP contribution is -2.28. The van der Waals surface area contributed by atoms with Crippen LogP contribution >= 0.6 is 0 Å². The molecule has 1 aliphatic rings. The molecule has 7 heteroatoms. The van der Waals surface area contributed by atoms with E-state index in [4.69, 9.17) is 9.84 Å². The first-order valence-corrected chi connectivity index (χ1v) is 9.19. The zero-order valence-corrected chi connectivity index (χ0v) is 15.2. The molecule has 1 saturated carbocycles. The Labute approximate surface area is 158 Å². The van der Waals surface area contributed by atoms with Crippen molar-refractivity contribution in [1.82, 2.24) is 0 Å². The van der Waals surface area contributed by atoms with Gasteiger partial charge in [0.15, 0.2) is 0 Å². The van der Waals surface area contributed by atoms with Crippen LogP contribution in [-0.4, -0.2) is 46.2 Å². The molecule has 0 bridgehead atoms. The number of carbonyl (C=O) groups is 2. The van der Waals surface area contributed by atoms with Crippen molar-refractivity contribution in [3.8, 4) is 0 Å². The molecule has 0 spiro atoms. The van der Waals surface area contributed by atoms with Gasteiger partial charge in [-0.05, 0) is 43.7 Å². The van der Waals surface area contributed by atoms with Gasteiger partial charge in [-0.1, -0.05) is 30.4 Å². The number of carboxylic acids is 1. The summed E-state index contributed by atoms with van der Waals surface area (Å²) in [5, 5.41) is 31.6. The summed E-state index contributed by atoms with van der Waals surface area (Å²) < 4.78 is 5.24. The molecule has 0 radical (unpaired) electrons. The maximum absolute atomic E-state index is 11.9. The minimum Gasteiger partial charge on any atom is -0.481 e. The maximum Gasteiger partial charge on any atom is 0.411 e. The third-order valence-electron chi connectivity index (χ3n) is 4.78. The zero-order chi connectivity index (χ0) is 19.6. The zero-order valence-electron chi connectivity index (χ0n) is 15.2. The Hall–Kier alpha value is -2.38. The van der Waals surface area contributed by atoms with Crippen molar-refractivity contribution < 1.29 is 29.6 Å². The van der Waals surface area contributed by atoms with E-state index in [0.29, 0.717) is 24.9 Å². The monoisotopic (exact) mass is 377 g/mol. The fourth-order valence-electron chi connectivity index (χ4n) is 3.32. The Balaban J connectivity index is 1.79. The van der Waals surface area contributed by atoms with Crippen LogP contribution in [0.4, 0.5) is 10.5 Å². The normalized spacial score (nSPS) is 24.8. The summed E-state index contributed by atoms with van der Waals surface area (Å²) in [4.78, 5) is 22.4. The van der Waals surface area contributed by atoms with E-state index in [1.54, 1.807) is 24.3 Å². The Bertz CT molecular complexity index is 633. The van der Waals surface area contributed by atoms with Gasteiger partial charge in [-0.25, -0.2) is 4.79 Å². The van der Waals surface area contributed by atoms with E-state index in [9.17, 15) is 19.8 Å². The molecular weight excluding hydrogens is 350 g/mol. The van der Waals surface area contributed by atoms with E-state index in [2.05, 4.69) is 5.32 Å². The highest BCUT2D eigenvalue weighted by atomic mass is 16.5. The van der Waals surface area contributed by atoms with Crippen LogP contribution in [0.2, 0.25) is 0 Å². The number of carboxylic acid groups (broad SMARTS) is 1. The number of aliphatic carboxylic acids is 1. The number of nitrogens with one attached hydrogen (secondary N) is 1. The van der Waals surface area contributed by atoms with Crippen molar-refractivity contribution in [2.45, 2.75) is 44.3 Å². The molecule has 0 unspecified atom stereocenters. The number of aliphatic hydroxyl groups is 2. The highest BCUT2D eigenvalue weighted by molar-refractivity contribution is 5.84. The van der Waals surface area contributed by atoms with Gasteiger partial charge in [-0.15, -0.1) is 0 Å². The second-order valence-electron chi connectivity index (χ2n) is 6.78. The molecule has 1 amide bonds. The summed E-state index contributed by atoms with van der Waals surface area (Å²) in [5.74, 6) is -1.37. The number of carbonyl (C=O) groups excluding carboxylic acids is 1. The molecule has 0 saturated heterocycles. The smallest absolute Gasteiger partial charge is 0.411 e. The topological polar surface area (TPSA) is 116 Å². The van der Waals surface area contributed by atoms with E-state index in [-0.39, 0.29) is 31.3 Å². The molecule has 1 aliphatic carbocycles. The van der Waals surface area contributed by atoms with Crippen LogP contribution in [-0.2, 0) is 9.53 Å². The third kappa shape index (κ3) is 7.03. The molecule has 4 N–H and O–H groups in total. The molecule has 2 rings (SSSR count). The summed E-state index contributed by atoms with van der Waals surface area (Å²) >= 11 is 0.